The van der Waals surface area contributed by atoms with E-state index < -0.39 is 0 Å². The van der Waals surface area contributed by atoms with Gasteiger partial charge in [-0.25, -0.2) is 4.98 Å². The molecule has 0 aliphatic carbocycles. The zero-order valence-electron chi connectivity index (χ0n) is 9.62. The fourth-order valence-corrected chi connectivity index (χ4v) is 1.31. The summed E-state index contributed by atoms with van der Waals surface area (Å²) in [5.41, 5.74) is 7.52. The van der Waals surface area contributed by atoms with Crippen molar-refractivity contribution >= 4 is 25.1 Å². The van der Waals surface area contributed by atoms with Gasteiger partial charge in [0.2, 0.25) is 0 Å². The zero-order valence-corrected chi connectivity index (χ0v) is 9.62. The van der Waals surface area contributed by atoms with Crippen LogP contribution in [0.4, 0.5) is 5.82 Å². The van der Waals surface area contributed by atoms with Crippen molar-refractivity contribution in [3.63, 3.8) is 0 Å². The topological polar surface area (TPSA) is 77.2 Å². The van der Waals surface area contributed by atoms with Crippen molar-refractivity contribution in [1.29, 1.82) is 0 Å². The van der Waals surface area contributed by atoms with Crippen molar-refractivity contribution in [3.8, 4) is 0 Å². The fourth-order valence-electron chi connectivity index (χ4n) is 1.31. The third kappa shape index (κ3) is 3.54. The lowest BCUT2D eigenvalue weighted by Gasteiger charge is -2.09. The van der Waals surface area contributed by atoms with Crippen molar-refractivity contribution in [2.75, 3.05) is 18.5 Å². The molecule has 0 amide bonds. The second-order valence-electron chi connectivity index (χ2n) is 3.38. The van der Waals surface area contributed by atoms with Crippen LogP contribution in [-0.4, -0.2) is 32.0 Å². The number of esters is 1. The van der Waals surface area contributed by atoms with Gasteiger partial charge in [-0.05, 0) is 6.92 Å². The summed E-state index contributed by atoms with van der Waals surface area (Å²) in [7, 11) is 1.95. The summed E-state index contributed by atoms with van der Waals surface area (Å²) in [5.74, 6) is 0.342. The molecule has 0 saturated carbocycles. The number of carbonyl (C=O) groups is 1. The summed E-state index contributed by atoms with van der Waals surface area (Å²) < 4.78 is 4.80. The minimum absolute atomic E-state index is 0.108. The SMILES string of the molecule is Bc1cnc(NCC(=O)OCC)c(CN)c1. The Hall–Kier alpha value is -1.56. The summed E-state index contributed by atoms with van der Waals surface area (Å²) >= 11 is 0. The molecule has 0 bridgehead atoms. The van der Waals surface area contributed by atoms with Crippen LogP contribution in [0.25, 0.3) is 0 Å². The molecule has 0 saturated heterocycles. The van der Waals surface area contributed by atoms with Crippen LogP contribution in [0.2, 0.25) is 0 Å². The van der Waals surface area contributed by atoms with Crippen LogP contribution in [0.3, 0.4) is 0 Å². The number of anilines is 1. The van der Waals surface area contributed by atoms with Crippen LogP contribution in [0.1, 0.15) is 12.5 Å². The van der Waals surface area contributed by atoms with Gasteiger partial charge >= 0.3 is 5.97 Å². The second kappa shape index (κ2) is 6.12. The summed E-state index contributed by atoms with van der Waals surface area (Å²) in [4.78, 5) is 15.3. The van der Waals surface area contributed by atoms with Crippen LogP contribution >= 0.6 is 0 Å². The summed E-state index contributed by atoms with van der Waals surface area (Å²) in [5, 5.41) is 2.91. The molecule has 0 unspecified atom stereocenters. The Bertz CT molecular complexity index is 371. The highest BCUT2D eigenvalue weighted by molar-refractivity contribution is 6.32. The molecule has 0 aliphatic heterocycles. The van der Waals surface area contributed by atoms with Gasteiger partial charge in [-0.1, -0.05) is 11.5 Å². The fraction of sp³-hybridized carbons (Fsp3) is 0.400. The van der Waals surface area contributed by atoms with Gasteiger partial charge in [0.25, 0.3) is 0 Å². The molecule has 3 N–H and O–H groups in total. The average Bonchev–Trinajstić information content (AvgIpc) is 2.27. The van der Waals surface area contributed by atoms with E-state index in [0.29, 0.717) is 19.0 Å². The highest BCUT2D eigenvalue weighted by atomic mass is 16.5. The van der Waals surface area contributed by atoms with Crippen molar-refractivity contribution in [1.82, 2.24) is 4.98 Å². The smallest absolute Gasteiger partial charge is 0.325 e. The first-order valence-corrected chi connectivity index (χ1v) is 5.22. The van der Waals surface area contributed by atoms with E-state index in [4.69, 9.17) is 10.5 Å². The predicted molar refractivity (Wildman–Crippen MR) is 65.4 cm³/mol. The Balaban J connectivity index is 2.63. The lowest BCUT2D eigenvalue weighted by molar-refractivity contribution is -0.140. The molecule has 86 valence electrons. The molecular weight excluding hydrogens is 205 g/mol. The van der Waals surface area contributed by atoms with Crippen molar-refractivity contribution < 1.29 is 9.53 Å². The number of nitrogens with one attached hydrogen (secondary N) is 1. The van der Waals surface area contributed by atoms with Crippen molar-refractivity contribution in [3.05, 3.63) is 17.8 Å². The number of carbonyl (C=O) groups excluding carboxylic acids is 1. The quantitative estimate of drug-likeness (QED) is 0.481. The van der Waals surface area contributed by atoms with E-state index >= 15 is 0 Å². The largest absolute Gasteiger partial charge is 0.465 e. The lowest BCUT2D eigenvalue weighted by Crippen LogP contribution is -2.20. The van der Waals surface area contributed by atoms with E-state index in [0.717, 1.165) is 11.0 Å². The van der Waals surface area contributed by atoms with E-state index in [1.807, 2.05) is 13.9 Å². The molecule has 0 aliphatic rings. The highest BCUT2D eigenvalue weighted by Crippen LogP contribution is 2.08. The monoisotopic (exact) mass is 221 g/mol. The zero-order chi connectivity index (χ0) is 12.0. The Morgan fingerprint density at radius 1 is 1.69 bits per heavy atom. The number of hydrogen-bond donors (Lipinski definition) is 2. The highest BCUT2D eigenvalue weighted by Gasteiger charge is 2.05. The van der Waals surface area contributed by atoms with Gasteiger partial charge in [0, 0.05) is 18.3 Å². The first kappa shape index (κ1) is 12.5. The van der Waals surface area contributed by atoms with Crippen molar-refractivity contribution in [2.45, 2.75) is 13.5 Å². The number of nitrogens with zero attached hydrogens (tertiary/aromatic N) is 1. The number of aromatic nitrogens is 1. The Kier molecular flexibility index (Phi) is 4.79. The predicted octanol–water partition coefficient (Wildman–Crippen LogP) is -1.23. The van der Waals surface area contributed by atoms with Crippen LogP contribution in [0, 0.1) is 0 Å². The van der Waals surface area contributed by atoms with E-state index in [-0.39, 0.29) is 12.5 Å². The second-order valence-corrected chi connectivity index (χ2v) is 3.38. The minimum atomic E-state index is -0.298. The summed E-state index contributed by atoms with van der Waals surface area (Å²) in [6.45, 7) is 2.65. The molecule has 1 heterocycles. The van der Waals surface area contributed by atoms with Gasteiger partial charge in [0.05, 0.1) is 6.61 Å². The maximum atomic E-state index is 11.1. The molecular formula is C10H16BN3O2. The third-order valence-corrected chi connectivity index (χ3v) is 2.03. The molecule has 0 atom stereocenters. The maximum Gasteiger partial charge on any atom is 0.325 e. The number of rotatable bonds is 5. The average molecular weight is 221 g/mol. The van der Waals surface area contributed by atoms with Gasteiger partial charge in [-0.3, -0.25) is 4.79 Å². The van der Waals surface area contributed by atoms with Crippen LogP contribution in [0.15, 0.2) is 12.3 Å². The van der Waals surface area contributed by atoms with Gasteiger partial charge in [-0.2, -0.15) is 0 Å². The van der Waals surface area contributed by atoms with E-state index in [1.54, 1.807) is 13.1 Å². The number of pyridine rings is 1. The summed E-state index contributed by atoms with van der Waals surface area (Å²) in [6.07, 6.45) is 1.73. The van der Waals surface area contributed by atoms with Crippen LogP contribution < -0.4 is 16.5 Å². The number of ether oxygens (including phenoxy) is 1. The molecule has 0 spiro atoms. The molecule has 6 heteroatoms. The number of hydrogen-bond acceptors (Lipinski definition) is 5. The van der Waals surface area contributed by atoms with Gasteiger partial charge in [0.1, 0.15) is 20.2 Å². The van der Waals surface area contributed by atoms with Gasteiger partial charge in [-0.15, -0.1) is 0 Å². The summed E-state index contributed by atoms with van der Waals surface area (Å²) in [6, 6.07) is 1.94. The molecule has 1 aromatic rings. The van der Waals surface area contributed by atoms with Crippen LogP contribution in [-0.2, 0) is 16.1 Å². The van der Waals surface area contributed by atoms with Gasteiger partial charge < -0.3 is 15.8 Å². The molecule has 16 heavy (non-hydrogen) atoms. The molecule has 0 radical (unpaired) electrons. The molecule has 1 aromatic heterocycles. The molecule has 0 fully saturated rings. The Labute approximate surface area is 95.8 Å². The minimum Gasteiger partial charge on any atom is -0.465 e. The van der Waals surface area contributed by atoms with E-state index in [1.165, 1.54) is 0 Å². The first-order valence-electron chi connectivity index (χ1n) is 5.22. The van der Waals surface area contributed by atoms with Crippen LogP contribution in [0.5, 0.6) is 0 Å². The van der Waals surface area contributed by atoms with Crippen molar-refractivity contribution in [2.24, 2.45) is 5.73 Å². The third-order valence-electron chi connectivity index (χ3n) is 2.03. The Morgan fingerprint density at radius 3 is 3.06 bits per heavy atom. The molecule has 5 nitrogen and oxygen atoms in total. The Morgan fingerprint density at radius 2 is 2.44 bits per heavy atom. The normalized spacial score (nSPS) is 9.88. The first-order chi connectivity index (χ1) is 7.67. The van der Waals surface area contributed by atoms with E-state index in [9.17, 15) is 4.79 Å². The maximum absolute atomic E-state index is 11.1. The number of nitrogens with two attached hydrogens (primary N) is 1. The lowest BCUT2D eigenvalue weighted by atomic mass is 9.97. The van der Waals surface area contributed by atoms with Gasteiger partial charge in [0.15, 0.2) is 0 Å². The molecule has 0 aromatic carbocycles. The standard InChI is InChI=1S/C10H16BN3O2/c1-2-16-9(15)6-14-10-7(4-12)3-8(11)5-13-10/h3,5H,2,4,6,11-12H2,1H3,(H,13,14). The molecule has 1 rings (SSSR count). The van der Waals surface area contributed by atoms with E-state index in [2.05, 4.69) is 10.3 Å².